The van der Waals surface area contributed by atoms with Crippen molar-refractivity contribution < 1.29 is 19.9 Å². The molecule has 0 heterocycles. The lowest BCUT2D eigenvalue weighted by atomic mass is 10.2. The number of phenolic OH excluding ortho intramolecular Hbond substituents is 1. The number of phenols is 1. The third kappa shape index (κ3) is 4.97. The maximum absolute atomic E-state index is 12.8. The number of hydrogen-bond donors (Lipinski definition) is 5. The second kappa shape index (κ2) is 7.61. The van der Waals surface area contributed by atoms with E-state index in [1.54, 1.807) is 0 Å². The van der Waals surface area contributed by atoms with Crippen LogP contribution in [0.25, 0.3) is 0 Å². The normalized spacial score (nSPS) is 12.1. The molecule has 0 fully saturated rings. The Morgan fingerprint density at radius 2 is 1.96 bits per heavy atom. The molecule has 5 N–H and O–H groups in total. The van der Waals surface area contributed by atoms with Crippen LogP contribution in [-0.2, 0) is 0 Å². The summed E-state index contributed by atoms with van der Waals surface area (Å²) < 4.78 is 12.8. The van der Waals surface area contributed by atoms with E-state index in [9.17, 15) is 14.7 Å². The monoisotopic (exact) mass is 336 g/mol. The molecule has 0 saturated heterocycles. The Balaban J connectivity index is 1.97. The Morgan fingerprint density at radius 1 is 1.26 bits per heavy atom. The lowest BCUT2D eigenvalue weighted by Gasteiger charge is -2.12. The molecule has 2 aromatic carbocycles. The highest BCUT2D eigenvalue weighted by Gasteiger charge is 2.05. The van der Waals surface area contributed by atoms with Crippen molar-refractivity contribution in [3.63, 3.8) is 0 Å². The molecule has 0 aliphatic rings. The van der Waals surface area contributed by atoms with Crippen molar-refractivity contribution in [3.05, 3.63) is 59.1 Å². The summed E-state index contributed by atoms with van der Waals surface area (Å²) in [6, 6.07) is 9.40. The standard InChI is InChI=1S/C14H13FN4O3S/c15-10-1-3-11(4-2-10)17-14(23)18-16-8-9-7-12(19(21)22)5-6-13(9)20/h1-8,19-21H,(H2,17,18,23)/b16-8+. The van der Waals surface area contributed by atoms with E-state index in [0.29, 0.717) is 5.69 Å². The largest absolute Gasteiger partial charge is 0.595 e. The quantitative estimate of drug-likeness (QED) is 0.249. The van der Waals surface area contributed by atoms with Gasteiger partial charge in [0.15, 0.2) is 10.8 Å². The minimum absolute atomic E-state index is 0.0243. The molecule has 0 amide bonds. The van der Waals surface area contributed by atoms with Crippen LogP contribution in [0.2, 0.25) is 0 Å². The number of hydrogen-bond acceptors (Lipinski definition) is 5. The molecule has 0 aromatic heterocycles. The number of aromatic hydroxyl groups is 1. The molecule has 23 heavy (non-hydrogen) atoms. The molecule has 0 aliphatic heterocycles. The molecule has 0 bridgehead atoms. The molecule has 120 valence electrons. The van der Waals surface area contributed by atoms with E-state index in [1.165, 1.54) is 48.7 Å². The van der Waals surface area contributed by atoms with Crippen molar-refractivity contribution in [2.24, 2.45) is 5.10 Å². The third-order valence-electron chi connectivity index (χ3n) is 2.75. The van der Waals surface area contributed by atoms with Gasteiger partial charge in [-0.15, -0.1) is 0 Å². The minimum Gasteiger partial charge on any atom is -0.595 e. The molecular formula is C14H13FN4O3S. The summed E-state index contributed by atoms with van der Waals surface area (Å²) in [5, 5.41) is 35.1. The van der Waals surface area contributed by atoms with Crippen LogP contribution >= 0.6 is 12.2 Å². The first-order valence-corrected chi connectivity index (χ1v) is 6.78. The van der Waals surface area contributed by atoms with Gasteiger partial charge in [-0.05, 0) is 42.5 Å². The van der Waals surface area contributed by atoms with Crippen molar-refractivity contribution in [2.45, 2.75) is 0 Å². The Morgan fingerprint density at radius 3 is 2.61 bits per heavy atom. The van der Waals surface area contributed by atoms with Gasteiger partial charge in [-0.3, -0.25) is 5.43 Å². The van der Waals surface area contributed by atoms with E-state index in [0.717, 1.165) is 0 Å². The molecule has 1 atom stereocenters. The highest BCUT2D eigenvalue weighted by Crippen LogP contribution is 2.17. The molecule has 1 unspecified atom stereocenters. The smallest absolute Gasteiger partial charge is 0.191 e. The summed E-state index contributed by atoms with van der Waals surface area (Å²) >= 11 is 5.00. The number of anilines is 1. The molecule has 0 radical (unpaired) electrons. The number of benzene rings is 2. The van der Waals surface area contributed by atoms with Gasteiger partial charge in [-0.2, -0.15) is 10.3 Å². The van der Waals surface area contributed by atoms with Crippen molar-refractivity contribution >= 4 is 34.9 Å². The lowest BCUT2D eigenvalue weighted by Crippen LogP contribution is -2.99. The number of hydrazone groups is 1. The SMILES string of the molecule is [O-][NH+](O)c1ccc(O)c(/C=N/NC(=S)Nc2ccc(F)cc2)c1. The molecule has 2 rings (SSSR count). The van der Waals surface area contributed by atoms with Gasteiger partial charge in [-0.1, -0.05) is 0 Å². The first-order valence-electron chi connectivity index (χ1n) is 6.37. The molecule has 0 spiro atoms. The average Bonchev–Trinajstić information content (AvgIpc) is 2.51. The number of rotatable bonds is 4. The first-order chi connectivity index (χ1) is 11.0. The summed E-state index contributed by atoms with van der Waals surface area (Å²) in [7, 11) is 0. The van der Waals surface area contributed by atoms with E-state index in [4.69, 9.17) is 17.4 Å². The fraction of sp³-hybridized carbons (Fsp3) is 0. The van der Waals surface area contributed by atoms with Gasteiger partial charge in [0, 0.05) is 23.4 Å². The third-order valence-corrected chi connectivity index (χ3v) is 2.94. The Labute approximate surface area is 136 Å². The predicted octanol–water partition coefficient (Wildman–Crippen LogP) is 1.26. The van der Waals surface area contributed by atoms with Gasteiger partial charge in [-0.25, -0.2) is 9.60 Å². The zero-order valence-electron chi connectivity index (χ0n) is 11.7. The molecule has 2 aromatic rings. The van der Waals surface area contributed by atoms with E-state index in [1.807, 2.05) is 0 Å². The summed E-state index contributed by atoms with van der Waals surface area (Å²) in [6.45, 7) is 0. The van der Waals surface area contributed by atoms with Crippen molar-refractivity contribution in [1.82, 2.24) is 5.43 Å². The highest BCUT2D eigenvalue weighted by atomic mass is 32.1. The number of thiocarbonyl (C=S) groups is 1. The van der Waals surface area contributed by atoms with Crippen LogP contribution in [0.1, 0.15) is 5.56 Å². The second-order valence-corrected chi connectivity index (χ2v) is 4.82. The molecule has 0 aliphatic carbocycles. The van der Waals surface area contributed by atoms with Crippen LogP contribution < -0.4 is 16.0 Å². The fourth-order valence-electron chi connectivity index (χ4n) is 1.64. The van der Waals surface area contributed by atoms with E-state index in [2.05, 4.69) is 15.8 Å². The van der Waals surface area contributed by atoms with Crippen LogP contribution in [0, 0.1) is 11.0 Å². The lowest BCUT2D eigenvalue weighted by molar-refractivity contribution is -0.991. The summed E-state index contributed by atoms with van der Waals surface area (Å²) in [4.78, 5) is 0. The second-order valence-electron chi connectivity index (χ2n) is 4.41. The van der Waals surface area contributed by atoms with Crippen LogP contribution in [0.3, 0.4) is 0 Å². The Bertz CT molecular complexity index is 722. The number of nitrogens with zero attached hydrogens (tertiary/aromatic N) is 1. The Kier molecular flexibility index (Phi) is 5.55. The number of nitrogens with one attached hydrogen (secondary N) is 3. The molecule has 9 heteroatoms. The van der Waals surface area contributed by atoms with Gasteiger partial charge in [0.05, 0.1) is 6.21 Å². The highest BCUT2D eigenvalue weighted by molar-refractivity contribution is 7.80. The first kappa shape index (κ1) is 16.8. The van der Waals surface area contributed by atoms with Gasteiger partial charge in [0.25, 0.3) is 0 Å². The van der Waals surface area contributed by atoms with Gasteiger partial charge < -0.3 is 15.6 Å². The zero-order valence-corrected chi connectivity index (χ0v) is 12.5. The fourth-order valence-corrected chi connectivity index (χ4v) is 1.81. The summed E-state index contributed by atoms with van der Waals surface area (Å²) in [6.07, 6.45) is 1.24. The predicted molar refractivity (Wildman–Crippen MR) is 87.2 cm³/mol. The van der Waals surface area contributed by atoms with Crippen LogP contribution in [-0.4, -0.2) is 21.6 Å². The van der Waals surface area contributed by atoms with Crippen molar-refractivity contribution in [2.75, 3.05) is 5.32 Å². The van der Waals surface area contributed by atoms with Crippen LogP contribution in [0.4, 0.5) is 15.8 Å². The summed E-state index contributed by atoms with van der Waals surface area (Å²) in [5.41, 5.74) is 3.33. The van der Waals surface area contributed by atoms with Gasteiger partial charge in [0.2, 0.25) is 0 Å². The minimum atomic E-state index is -1.11. The van der Waals surface area contributed by atoms with Gasteiger partial charge >= 0.3 is 0 Å². The van der Waals surface area contributed by atoms with E-state index < -0.39 is 5.23 Å². The Hall–Kier alpha value is -2.59. The van der Waals surface area contributed by atoms with Crippen molar-refractivity contribution in [3.8, 4) is 5.75 Å². The summed E-state index contributed by atoms with van der Waals surface area (Å²) in [5.74, 6) is -0.473. The maximum Gasteiger partial charge on any atom is 0.191 e. The van der Waals surface area contributed by atoms with Crippen molar-refractivity contribution in [1.29, 1.82) is 0 Å². The maximum atomic E-state index is 12.8. The molecule has 7 nitrogen and oxygen atoms in total. The average molecular weight is 336 g/mol. The number of halogens is 1. The molecular weight excluding hydrogens is 323 g/mol. The van der Waals surface area contributed by atoms with E-state index in [-0.39, 0.29) is 27.9 Å². The zero-order chi connectivity index (χ0) is 16.8. The van der Waals surface area contributed by atoms with Crippen LogP contribution in [0.5, 0.6) is 5.75 Å². The van der Waals surface area contributed by atoms with Crippen LogP contribution in [0.15, 0.2) is 47.6 Å². The van der Waals surface area contributed by atoms with Gasteiger partial charge in [0.1, 0.15) is 11.6 Å². The number of quaternary nitrogens is 1. The topological polar surface area (TPSA) is 104 Å². The molecule has 0 saturated carbocycles. The van der Waals surface area contributed by atoms with E-state index >= 15 is 0 Å².